The Kier molecular flexibility index (Phi) is 7.16. The van der Waals surface area contributed by atoms with Crippen molar-refractivity contribution in [3.63, 3.8) is 0 Å². The van der Waals surface area contributed by atoms with Crippen LogP contribution < -0.4 is 4.74 Å². The summed E-state index contributed by atoms with van der Waals surface area (Å²) in [6, 6.07) is 4.41. The van der Waals surface area contributed by atoms with Gasteiger partial charge in [0.05, 0.1) is 12.9 Å². The van der Waals surface area contributed by atoms with Crippen LogP contribution in [-0.2, 0) is 9.84 Å². The Hall–Kier alpha value is -3.07. The maximum Gasteiger partial charge on any atom is 0.183 e. The number of aromatic amines is 1. The molecule has 3 aromatic rings. The second-order valence-electron chi connectivity index (χ2n) is 10.1. The lowest BCUT2D eigenvalue weighted by Crippen LogP contribution is -2.28. The molecule has 0 saturated heterocycles. The molecule has 1 N–H and O–H groups in total. The third-order valence-corrected chi connectivity index (χ3v) is 9.44. The zero-order valence-electron chi connectivity index (χ0n) is 21.1. The van der Waals surface area contributed by atoms with Crippen LogP contribution >= 0.6 is 0 Å². The molecule has 1 aromatic carbocycles. The van der Waals surface area contributed by atoms with Crippen molar-refractivity contribution in [2.45, 2.75) is 51.5 Å². The van der Waals surface area contributed by atoms with Crippen molar-refractivity contribution < 1.29 is 26.5 Å². The number of hydrogen-bond acceptors (Lipinski definition) is 4. The third kappa shape index (κ3) is 5.32. The number of fused-ring (bicyclic) bond motifs is 1. The van der Waals surface area contributed by atoms with E-state index in [9.17, 15) is 17.2 Å². The molecular weight excluding hydrogens is 496 g/mol. The van der Waals surface area contributed by atoms with Crippen molar-refractivity contribution in [2.24, 2.45) is 5.92 Å². The summed E-state index contributed by atoms with van der Waals surface area (Å²) >= 11 is 0. The van der Waals surface area contributed by atoms with E-state index in [-0.39, 0.29) is 17.4 Å². The summed E-state index contributed by atoms with van der Waals surface area (Å²) < 4.78 is 60.3. The third-order valence-electron chi connectivity index (χ3n) is 7.43. The van der Waals surface area contributed by atoms with Crippen molar-refractivity contribution in [3.05, 3.63) is 54.0 Å². The van der Waals surface area contributed by atoms with Gasteiger partial charge in [-0.15, -0.1) is 0 Å². The smallest absolute Gasteiger partial charge is 0.183 e. The second kappa shape index (κ2) is 10.4. The normalized spacial score (nSPS) is 20.2. The van der Waals surface area contributed by atoms with E-state index in [0.29, 0.717) is 35.0 Å². The standard InChI is InChI=1S/C28H32F2N3O3S/c1-3-9-37(34,35)17-18-5-4-6-22(8-7-18)33-15-20(16-33)19-10-24-25(14-32-28(24)31-13-19)23-11-21(29)12-26(30)27(23)36-2/h10-16,18,22H,3-9,17H2,1-2H3,(H,31,32)/q+1. The van der Waals surface area contributed by atoms with Crippen LogP contribution in [0.1, 0.15) is 51.0 Å². The minimum absolute atomic E-state index is 0.0116. The molecule has 2 unspecified atom stereocenters. The van der Waals surface area contributed by atoms with Gasteiger partial charge in [-0.05, 0) is 43.7 Å². The molecule has 9 heteroatoms. The zero-order valence-corrected chi connectivity index (χ0v) is 22.0. The van der Waals surface area contributed by atoms with Crippen molar-refractivity contribution >= 4 is 32.7 Å². The second-order valence-corrected chi connectivity index (χ2v) is 12.3. The summed E-state index contributed by atoms with van der Waals surface area (Å²) in [5, 5.41) is 0.749. The van der Waals surface area contributed by atoms with Crippen LogP contribution in [0, 0.1) is 17.6 Å². The van der Waals surface area contributed by atoms with Crippen molar-refractivity contribution in [2.75, 3.05) is 18.6 Å². The van der Waals surface area contributed by atoms with Gasteiger partial charge in [-0.2, -0.15) is 0 Å². The molecule has 6 nitrogen and oxygen atoms in total. The lowest BCUT2D eigenvalue weighted by atomic mass is 9.99. The van der Waals surface area contributed by atoms with Gasteiger partial charge in [-0.3, -0.25) is 0 Å². The number of hydrogen-bond donors (Lipinski definition) is 1. The highest BCUT2D eigenvalue weighted by molar-refractivity contribution is 7.91. The molecule has 1 fully saturated rings. The van der Waals surface area contributed by atoms with Crippen LogP contribution in [0.5, 0.6) is 5.75 Å². The van der Waals surface area contributed by atoms with Gasteiger partial charge in [0, 0.05) is 59.1 Å². The lowest BCUT2D eigenvalue weighted by Gasteiger charge is -2.17. The van der Waals surface area contributed by atoms with Crippen molar-refractivity contribution in [1.82, 2.24) is 9.97 Å². The summed E-state index contributed by atoms with van der Waals surface area (Å²) in [7, 11) is -1.60. The van der Waals surface area contributed by atoms with E-state index >= 15 is 0 Å². The quantitative estimate of drug-likeness (QED) is 0.299. The molecule has 0 amide bonds. The molecule has 3 heterocycles. The summed E-state index contributed by atoms with van der Waals surface area (Å²) in [6.45, 7) is 1.91. The number of pyridine rings is 1. The largest absolute Gasteiger partial charge is 0.493 e. The van der Waals surface area contributed by atoms with Crippen molar-refractivity contribution in [3.8, 4) is 16.9 Å². The van der Waals surface area contributed by atoms with Crippen LogP contribution in [-0.4, -0.2) is 53.8 Å². The molecule has 5 rings (SSSR count). The van der Waals surface area contributed by atoms with Crippen LogP contribution in [0.2, 0.25) is 0 Å². The zero-order chi connectivity index (χ0) is 26.2. The van der Waals surface area contributed by atoms with Gasteiger partial charge in [0.1, 0.15) is 17.0 Å². The number of nitrogens with one attached hydrogen (secondary N) is 1. The maximum absolute atomic E-state index is 14.3. The van der Waals surface area contributed by atoms with Gasteiger partial charge in [-0.1, -0.05) is 6.92 Å². The summed E-state index contributed by atoms with van der Waals surface area (Å²) in [4.78, 5) is 7.60. The molecule has 1 saturated carbocycles. The Morgan fingerprint density at radius 2 is 1.95 bits per heavy atom. The Morgan fingerprint density at radius 3 is 2.70 bits per heavy atom. The van der Waals surface area contributed by atoms with E-state index in [1.807, 2.05) is 13.0 Å². The molecule has 2 aliphatic rings. The highest BCUT2D eigenvalue weighted by atomic mass is 32.2. The molecular formula is C28H32F2N3O3S+. The van der Waals surface area contributed by atoms with E-state index in [1.165, 1.54) is 13.2 Å². The minimum atomic E-state index is -2.96. The Labute approximate surface area is 216 Å². The number of ether oxygens (including phenoxy) is 1. The number of sulfone groups is 1. The molecule has 0 bridgehead atoms. The number of aromatic nitrogens is 2. The summed E-state index contributed by atoms with van der Waals surface area (Å²) in [5.74, 6) is -0.609. The topological polar surface area (TPSA) is 75.1 Å². The molecule has 2 aromatic heterocycles. The first-order valence-corrected chi connectivity index (χ1v) is 14.7. The average molecular weight is 529 g/mol. The summed E-state index contributed by atoms with van der Waals surface area (Å²) in [6.07, 6.45) is 13.3. The van der Waals surface area contributed by atoms with Crippen LogP contribution in [0.25, 0.3) is 27.7 Å². The molecule has 196 valence electrons. The molecule has 0 spiro atoms. The van der Waals surface area contributed by atoms with E-state index in [0.717, 1.165) is 54.7 Å². The number of nitrogens with zero attached hydrogens (tertiary/aromatic N) is 2. The van der Waals surface area contributed by atoms with Crippen LogP contribution in [0.3, 0.4) is 0 Å². The van der Waals surface area contributed by atoms with Gasteiger partial charge in [0.2, 0.25) is 0 Å². The van der Waals surface area contributed by atoms with Gasteiger partial charge in [0.25, 0.3) is 0 Å². The SMILES string of the molecule is CCCS(=O)(=O)CC1CCCC([N+]2=CC(c3cnc4[nH]cc(-c5cc(F)cc(F)c5OC)c4c3)=C2)CC1. The van der Waals surface area contributed by atoms with Gasteiger partial charge < -0.3 is 9.72 Å². The predicted octanol–water partition coefficient (Wildman–Crippen LogP) is 5.73. The van der Waals surface area contributed by atoms with E-state index in [4.69, 9.17) is 4.74 Å². The van der Waals surface area contributed by atoms with Gasteiger partial charge >= 0.3 is 0 Å². The molecule has 1 aliphatic carbocycles. The number of H-pyrrole nitrogens is 1. The minimum Gasteiger partial charge on any atom is -0.493 e. The Balaban J connectivity index is 1.32. The number of rotatable bonds is 8. The number of benzene rings is 1. The first kappa shape index (κ1) is 25.6. The fourth-order valence-corrected chi connectivity index (χ4v) is 7.44. The van der Waals surface area contributed by atoms with Crippen LogP contribution in [0.4, 0.5) is 8.78 Å². The maximum atomic E-state index is 14.3. The predicted molar refractivity (Wildman–Crippen MR) is 142 cm³/mol. The molecule has 37 heavy (non-hydrogen) atoms. The monoisotopic (exact) mass is 528 g/mol. The highest BCUT2D eigenvalue weighted by Crippen LogP contribution is 2.38. The summed E-state index contributed by atoms with van der Waals surface area (Å²) in [5.41, 5.74) is 3.51. The van der Waals surface area contributed by atoms with Gasteiger partial charge in [-0.25, -0.2) is 26.8 Å². The fourth-order valence-electron chi connectivity index (χ4n) is 5.60. The number of allylic oxidation sites excluding steroid dienone is 1. The first-order chi connectivity index (χ1) is 17.8. The van der Waals surface area contributed by atoms with Crippen LogP contribution in [0.15, 0.2) is 36.8 Å². The Morgan fingerprint density at radius 1 is 1.14 bits per heavy atom. The molecule has 1 aliphatic heterocycles. The highest BCUT2D eigenvalue weighted by Gasteiger charge is 2.32. The fraction of sp³-hybridized carbons (Fsp3) is 0.429. The number of halogens is 2. The van der Waals surface area contributed by atoms with Crippen molar-refractivity contribution in [1.29, 1.82) is 0 Å². The van der Waals surface area contributed by atoms with Gasteiger partial charge in [0.15, 0.2) is 39.9 Å². The van der Waals surface area contributed by atoms with E-state index < -0.39 is 21.5 Å². The lowest BCUT2D eigenvalue weighted by molar-refractivity contribution is -0.504. The van der Waals surface area contributed by atoms with E-state index in [2.05, 4.69) is 27.0 Å². The molecule has 2 atom stereocenters. The van der Waals surface area contributed by atoms with E-state index in [1.54, 1.807) is 12.4 Å². The number of methoxy groups -OCH3 is 1. The molecule has 0 radical (unpaired) electrons. The average Bonchev–Trinajstić information content (AvgIpc) is 3.10. The Bertz CT molecular complexity index is 1490. The first-order valence-electron chi connectivity index (χ1n) is 12.8.